The predicted octanol–water partition coefficient (Wildman–Crippen LogP) is 3.89. The number of nitrogens with zero attached hydrogens (tertiary/aromatic N) is 3. The van der Waals surface area contributed by atoms with E-state index >= 15 is 0 Å². The topological polar surface area (TPSA) is 119 Å². The van der Waals surface area contributed by atoms with Crippen LogP contribution in [0.2, 0.25) is 0 Å². The summed E-state index contributed by atoms with van der Waals surface area (Å²) in [5.74, 6) is 0.679. The zero-order valence-electron chi connectivity index (χ0n) is 19.6. The molecule has 0 bridgehead atoms. The summed E-state index contributed by atoms with van der Waals surface area (Å²) in [6.45, 7) is 6.40. The van der Waals surface area contributed by atoms with Crippen molar-refractivity contribution < 1.29 is 4.79 Å². The maximum atomic E-state index is 12.6. The lowest BCUT2D eigenvalue weighted by Crippen LogP contribution is -2.23. The SMILES string of the molecule is Cc1ccc(C)c(C(=O)NCc2ccc(-c3nn([C@H](C)C4CC4)c4c(=O)[nH]nc(N)c34)cc2)c1. The molecule has 4 aromatic rings. The van der Waals surface area contributed by atoms with Gasteiger partial charge in [-0.15, -0.1) is 0 Å². The Morgan fingerprint density at radius 2 is 1.94 bits per heavy atom. The minimum atomic E-state index is -0.291. The van der Waals surface area contributed by atoms with Gasteiger partial charge in [-0.05, 0) is 56.7 Å². The van der Waals surface area contributed by atoms with Crippen LogP contribution in [0.25, 0.3) is 22.2 Å². The van der Waals surface area contributed by atoms with Crippen LogP contribution in [0.15, 0.2) is 47.3 Å². The summed E-state index contributed by atoms with van der Waals surface area (Å²) < 4.78 is 1.80. The molecule has 2 aromatic heterocycles. The molecule has 8 heteroatoms. The van der Waals surface area contributed by atoms with E-state index in [2.05, 4.69) is 22.4 Å². The molecule has 0 spiro atoms. The predicted molar refractivity (Wildman–Crippen MR) is 133 cm³/mol. The van der Waals surface area contributed by atoms with E-state index in [9.17, 15) is 9.59 Å². The summed E-state index contributed by atoms with van der Waals surface area (Å²) in [4.78, 5) is 25.3. The summed E-state index contributed by atoms with van der Waals surface area (Å²) in [6, 6.07) is 13.7. The van der Waals surface area contributed by atoms with Gasteiger partial charge in [0.05, 0.1) is 11.4 Å². The monoisotopic (exact) mass is 456 g/mol. The Morgan fingerprint density at radius 1 is 1.21 bits per heavy atom. The van der Waals surface area contributed by atoms with Crippen LogP contribution < -0.4 is 16.6 Å². The molecule has 1 aliphatic rings. The van der Waals surface area contributed by atoms with Crippen molar-refractivity contribution >= 4 is 22.6 Å². The van der Waals surface area contributed by atoms with Crippen LogP contribution in [-0.4, -0.2) is 25.9 Å². The number of carbonyl (C=O) groups is 1. The van der Waals surface area contributed by atoms with Gasteiger partial charge < -0.3 is 11.1 Å². The molecule has 2 aromatic carbocycles. The molecule has 0 saturated heterocycles. The third kappa shape index (κ3) is 3.96. The van der Waals surface area contributed by atoms with Crippen molar-refractivity contribution in [2.45, 2.75) is 46.2 Å². The van der Waals surface area contributed by atoms with Gasteiger partial charge in [0.2, 0.25) is 0 Å². The number of hydrogen-bond acceptors (Lipinski definition) is 5. The van der Waals surface area contributed by atoms with Crippen LogP contribution in [0.4, 0.5) is 5.82 Å². The highest BCUT2D eigenvalue weighted by molar-refractivity contribution is 5.99. The van der Waals surface area contributed by atoms with Gasteiger partial charge in [-0.25, -0.2) is 5.10 Å². The standard InChI is InChI=1S/C26H28N6O2/c1-14-4-5-15(2)20(12-14)25(33)28-13-17-6-8-19(9-7-17)22-21-23(26(34)30-29-24(21)27)32(31-22)16(3)18-10-11-18/h4-9,12,16,18H,10-11,13H2,1-3H3,(H2,27,29)(H,28,33)(H,30,34)/t16-/m1/s1. The first kappa shape index (κ1) is 21.9. The van der Waals surface area contributed by atoms with E-state index in [4.69, 9.17) is 10.8 Å². The summed E-state index contributed by atoms with van der Waals surface area (Å²) in [6.07, 6.45) is 2.28. The highest BCUT2D eigenvalue weighted by Crippen LogP contribution is 2.41. The lowest BCUT2D eigenvalue weighted by molar-refractivity contribution is 0.0950. The molecule has 1 aliphatic carbocycles. The fraction of sp³-hybridized carbons (Fsp3) is 0.308. The van der Waals surface area contributed by atoms with Crippen molar-refractivity contribution in [1.82, 2.24) is 25.3 Å². The fourth-order valence-corrected chi connectivity index (χ4v) is 4.43. The first-order valence-electron chi connectivity index (χ1n) is 11.5. The molecule has 34 heavy (non-hydrogen) atoms. The number of hydrogen-bond donors (Lipinski definition) is 3. The number of nitrogen functional groups attached to an aromatic ring is 1. The summed E-state index contributed by atoms with van der Waals surface area (Å²) in [5, 5.41) is 14.8. The highest BCUT2D eigenvalue weighted by atomic mass is 16.1. The Hall–Kier alpha value is -3.94. The molecule has 5 rings (SSSR count). The number of H-pyrrole nitrogens is 1. The van der Waals surface area contributed by atoms with Gasteiger partial charge in [0, 0.05) is 17.7 Å². The van der Waals surface area contributed by atoms with Gasteiger partial charge in [-0.2, -0.15) is 10.2 Å². The Labute approximate surface area is 197 Å². The molecular weight excluding hydrogens is 428 g/mol. The summed E-state index contributed by atoms with van der Waals surface area (Å²) in [7, 11) is 0. The Morgan fingerprint density at radius 3 is 2.65 bits per heavy atom. The molecule has 1 atom stereocenters. The van der Waals surface area contributed by atoms with Crippen LogP contribution in [0.5, 0.6) is 0 Å². The van der Waals surface area contributed by atoms with Gasteiger partial charge >= 0.3 is 0 Å². The second-order valence-corrected chi connectivity index (χ2v) is 9.23. The molecule has 0 radical (unpaired) electrons. The smallest absolute Gasteiger partial charge is 0.290 e. The molecule has 1 amide bonds. The minimum absolute atomic E-state index is 0.0952. The van der Waals surface area contributed by atoms with E-state index in [1.165, 1.54) is 0 Å². The number of aromatic amines is 1. The second kappa shape index (κ2) is 8.44. The van der Waals surface area contributed by atoms with Crippen molar-refractivity contribution in [1.29, 1.82) is 0 Å². The molecular formula is C26H28N6O2. The molecule has 0 unspecified atom stereocenters. The molecule has 8 nitrogen and oxygen atoms in total. The van der Waals surface area contributed by atoms with Crippen LogP contribution in [0.1, 0.15) is 52.9 Å². The zero-order chi connectivity index (χ0) is 24.0. The maximum Gasteiger partial charge on any atom is 0.290 e. The molecule has 1 fully saturated rings. The number of fused-ring (bicyclic) bond motifs is 1. The van der Waals surface area contributed by atoms with Crippen LogP contribution in [0, 0.1) is 19.8 Å². The minimum Gasteiger partial charge on any atom is -0.382 e. The van der Waals surface area contributed by atoms with Crippen molar-refractivity contribution in [2.75, 3.05) is 5.73 Å². The molecule has 1 saturated carbocycles. The largest absolute Gasteiger partial charge is 0.382 e. The van der Waals surface area contributed by atoms with Crippen molar-refractivity contribution in [2.24, 2.45) is 5.92 Å². The van der Waals surface area contributed by atoms with E-state index in [-0.39, 0.29) is 23.3 Å². The number of rotatable bonds is 6. The Bertz CT molecular complexity index is 1450. The lowest BCUT2D eigenvalue weighted by atomic mass is 10.0. The first-order chi connectivity index (χ1) is 16.3. The second-order valence-electron chi connectivity index (χ2n) is 9.23. The maximum absolute atomic E-state index is 12.6. The number of aromatic nitrogens is 4. The quantitative estimate of drug-likeness (QED) is 0.407. The van der Waals surface area contributed by atoms with Crippen molar-refractivity contribution in [3.63, 3.8) is 0 Å². The van der Waals surface area contributed by atoms with Crippen LogP contribution in [-0.2, 0) is 6.54 Å². The third-order valence-corrected chi connectivity index (χ3v) is 6.67. The van der Waals surface area contributed by atoms with E-state index in [1.54, 1.807) is 4.68 Å². The number of nitrogens with two attached hydrogens (primary N) is 1. The number of nitrogens with one attached hydrogen (secondary N) is 2. The van der Waals surface area contributed by atoms with E-state index in [0.717, 1.165) is 35.1 Å². The molecule has 2 heterocycles. The summed E-state index contributed by atoms with van der Waals surface area (Å²) in [5.41, 5.74) is 11.5. The van der Waals surface area contributed by atoms with E-state index < -0.39 is 0 Å². The number of amides is 1. The molecule has 0 aliphatic heterocycles. The number of benzene rings is 2. The van der Waals surface area contributed by atoms with E-state index in [0.29, 0.717) is 34.6 Å². The van der Waals surface area contributed by atoms with E-state index in [1.807, 2.05) is 56.3 Å². The lowest BCUT2D eigenvalue weighted by Gasteiger charge is -2.11. The van der Waals surface area contributed by atoms with Gasteiger partial charge in [-0.3, -0.25) is 14.3 Å². The normalized spacial score (nSPS) is 14.3. The highest BCUT2D eigenvalue weighted by Gasteiger charge is 2.32. The number of anilines is 1. The molecule has 4 N–H and O–H groups in total. The molecule has 174 valence electrons. The van der Waals surface area contributed by atoms with Gasteiger partial charge in [0.15, 0.2) is 5.82 Å². The summed E-state index contributed by atoms with van der Waals surface area (Å²) >= 11 is 0. The van der Waals surface area contributed by atoms with Gasteiger partial charge in [0.1, 0.15) is 11.2 Å². The Kier molecular flexibility index (Phi) is 5.43. The number of aryl methyl sites for hydroxylation is 2. The van der Waals surface area contributed by atoms with Crippen molar-refractivity contribution in [3.05, 3.63) is 75.1 Å². The fourth-order valence-electron chi connectivity index (χ4n) is 4.43. The van der Waals surface area contributed by atoms with Crippen LogP contribution in [0.3, 0.4) is 0 Å². The first-order valence-corrected chi connectivity index (χ1v) is 11.5. The Balaban J connectivity index is 1.42. The van der Waals surface area contributed by atoms with Gasteiger partial charge in [-0.1, -0.05) is 42.0 Å². The zero-order valence-corrected chi connectivity index (χ0v) is 19.6. The third-order valence-electron chi connectivity index (χ3n) is 6.67. The average molecular weight is 457 g/mol. The average Bonchev–Trinajstić information content (AvgIpc) is 3.60. The van der Waals surface area contributed by atoms with Gasteiger partial charge in [0.25, 0.3) is 11.5 Å². The van der Waals surface area contributed by atoms with Crippen LogP contribution >= 0.6 is 0 Å². The number of carbonyl (C=O) groups excluding carboxylic acids is 1. The van der Waals surface area contributed by atoms with Crippen molar-refractivity contribution in [3.8, 4) is 11.3 Å².